The molecule has 1 fully saturated rings. The zero-order chi connectivity index (χ0) is 6.69. The van der Waals surface area contributed by atoms with E-state index in [1.807, 2.05) is 0 Å². The Morgan fingerprint density at radius 3 is 2.44 bits per heavy atom. The first-order valence-electron chi connectivity index (χ1n) is 2.97. The Bertz CT molecular complexity index is 108. The average Bonchev–Trinajstić information content (AvgIpc) is 1.90. The lowest BCUT2D eigenvalue weighted by molar-refractivity contribution is 0.512. The maximum atomic E-state index is 10.8. The number of rotatable bonds is 1. The summed E-state index contributed by atoms with van der Waals surface area (Å²) in [5.74, 6) is 1.72. The van der Waals surface area contributed by atoms with Gasteiger partial charge >= 0.3 is 0 Å². The van der Waals surface area contributed by atoms with Crippen LogP contribution in [-0.4, -0.2) is 39.4 Å². The van der Waals surface area contributed by atoms with Gasteiger partial charge in [0.15, 0.2) is 0 Å². The maximum absolute atomic E-state index is 10.8. The molecule has 1 rings (SSSR count). The molecule has 0 spiro atoms. The molecule has 0 bridgehead atoms. The van der Waals surface area contributed by atoms with Gasteiger partial charge in [0, 0.05) is 35.4 Å². The molecule has 1 saturated heterocycles. The van der Waals surface area contributed by atoms with E-state index in [4.69, 9.17) is 0 Å². The fourth-order valence-electron chi connectivity index (χ4n) is 0.804. The van der Waals surface area contributed by atoms with Crippen LogP contribution in [0.5, 0.6) is 0 Å². The Morgan fingerprint density at radius 1 is 1.44 bits per heavy atom. The van der Waals surface area contributed by atoms with Crippen molar-refractivity contribution in [3.63, 3.8) is 0 Å². The fourth-order valence-corrected chi connectivity index (χ4v) is 2.63. The van der Waals surface area contributed by atoms with Gasteiger partial charge in [-0.1, -0.05) is 11.9 Å². The topological polar surface area (TPSA) is 20.3 Å². The van der Waals surface area contributed by atoms with Crippen LogP contribution in [0, 0.1) is 0 Å². The molecule has 4 heteroatoms. The molecule has 0 atom stereocenters. The minimum atomic E-state index is -0.518. The molecule has 0 radical (unpaired) electrons. The minimum absolute atomic E-state index is 0.518. The molecule has 2 nitrogen and oxygen atoms in total. The van der Waals surface area contributed by atoms with Crippen LogP contribution in [0.1, 0.15) is 0 Å². The minimum Gasteiger partial charge on any atom is -0.259 e. The Morgan fingerprint density at radius 2 is 2.00 bits per heavy atom. The van der Waals surface area contributed by atoms with Gasteiger partial charge in [-0.3, -0.25) is 4.21 Å². The van der Waals surface area contributed by atoms with Gasteiger partial charge in [-0.15, -0.1) is 0 Å². The summed E-state index contributed by atoms with van der Waals surface area (Å²) in [5.41, 5.74) is 0. The summed E-state index contributed by atoms with van der Waals surface area (Å²) >= 11 is 1.75. The second-order valence-corrected chi connectivity index (χ2v) is 4.54. The zero-order valence-electron chi connectivity index (χ0n) is 5.50. The lowest BCUT2D eigenvalue weighted by Crippen LogP contribution is -2.32. The van der Waals surface area contributed by atoms with E-state index >= 15 is 0 Å². The molecular formula is C5H11NOS2. The van der Waals surface area contributed by atoms with E-state index in [2.05, 4.69) is 10.6 Å². The third-order valence-corrected chi connectivity index (χ3v) is 3.55. The molecule has 0 amide bonds. The summed E-state index contributed by atoms with van der Waals surface area (Å²) in [5, 5.41) is 0. The average molecular weight is 165 g/mol. The Balaban J connectivity index is 2.26. The van der Waals surface area contributed by atoms with Crippen LogP contribution in [0.3, 0.4) is 0 Å². The van der Waals surface area contributed by atoms with Gasteiger partial charge in [0.25, 0.3) is 0 Å². The predicted octanol–water partition coefficient (Wildman–Crippen LogP) is 0.329. The first kappa shape index (κ1) is 7.57. The van der Waals surface area contributed by atoms with Gasteiger partial charge in [0.2, 0.25) is 0 Å². The monoisotopic (exact) mass is 165 g/mol. The van der Waals surface area contributed by atoms with Crippen molar-refractivity contribution in [2.75, 3.05) is 30.9 Å². The van der Waals surface area contributed by atoms with Crippen molar-refractivity contribution in [1.82, 2.24) is 4.31 Å². The second-order valence-electron chi connectivity index (χ2n) is 1.96. The Labute approximate surface area is 62.6 Å². The van der Waals surface area contributed by atoms with Gasteiger partial charge in [-0.25, -0.2) is 4.31 Å². The van der Waals surface area contributed by atoms with Crippen molar-refractivity contribution >= 4 is 22.7 Å². The van der Waals surface area contributed by atoms with Crippen molar-refractivity contribution in [2.45, 2.75) is 0 Å². The molecule has 0 unspecified atom stereocenters. The summed E-state index contributed by atoms with van der Waals surface area (Å²) < 4.78 is 13.1. The highest BCUT2D eigenvalue weighted by Gasteiger charge is 2.12. The summed E-state index contributed by atoms with van der Waals surface area (Å²) in [6.07, 6.45) is 2.06. The van der Waals surface area contributed by atoms with Crippen LogP contribution in [0.4, 0.5) is 0 Å². The zero-order valence-corrected chi connectivity index (χ0v) is 7.13. The van der Waals surface area contributed by atoms with E-state index in [1.165, 1.54) is 0 Å². The molecule has 1 aliphatic rings. The van der Waals surface area contributed by atoms with Crippen LogP contribution in [0.2, 0.25) is 0 Å². The van der Waals surface area contributed by atoms with E-state index < -0.39 is 10.8 Å². The first-order chi connectivity index (χ1) is 4.33. The largest absolute Gasteiger partial charge is 0.259 e. The molecule has 1 aliphatic heterocycles. The second kappa shape index (κ2) is 3.58. The van der Waals surface area contributed by atoms with Crippen LogP contribution in [0.25, 0.3) is 0 Å². The number of nitrogens with zero attached hydrogens (tertiary/aromatic N) is 1. The molecular weight excluding hydrogens is 154 g/mol. The van der Waals surface area contributed by atoms with E-state index in [0.29, 0.717) is 0 Å². The van der Waals surface area contributed by atoms with Crippen molar-refractivity contribution in [2.24, 2.45) is 0 Å². The summed E-state index contributed by atoms with van der Waals surface area (Å²) in [6.45, 7) is 1.99. The van der Waals surface area contributed by atoms with Crippen molar-refractivity contribution in [3.05, 3.63) is 0 Å². The highest BCUT2D eigenvalue weighted by Crippen LogP contribution is 2.08. The summed E-state index contributed by atoms with van der Waals surface area (Å²) in [4.78, 5) is 0. The quantitative estimate of drug-likeness (QED) is 0.522. The molecule has 0 aromatic carbocycles. The lowest BCUT2D eigenvalue weighted by Gasteiger charge is -2.22. The first-order valence-corrected chi connectivity index (χ1v) is 5.64. The molecule has 0 N–H and O–H groups in total. The van der Waals surface area contributed by atoms with Crippen molar-refractivity contribution in [3.8, 4) is 0 Å². The van der Waals surface area contributed by atoms with Crippen molar-refractivity contribution in [1.29, 1.82) is 0 Å². The van der Waals surface area contributed by atoms with E-state index in [9.17, 15) is 4.21 Å². The third-order valence-electron chi connectivity index (χ3n) is 1.39. The normalized spacial score (nSPS) is 24.6. The van der Waals surface area contributed by atoms with E-state index in [0.717, 1.165) is 24.6 Å². The number of hydrogen-bond acceptors (Lipinski definition) is 3. The van der Waals surface area contributed by atoms with Crippen molar-refractivity contribution < 1.29 is 4.21 Å². The molecule has 0 aromatic heterocycles. The highest BCUT2D eigenvalue weighted by molar-refractivity contribution is 7.96. The van der Waals surface area contributed by atoms with Gasteiger partial charge in [0.05, 0.1) is 0 Å². The molecule has 54 valence electrons. The van der Waals surface area contributed by atoms with Crippen LogP contribution >= 0.6 is 11.9 Å². The van der Waals surface area contributed by atoms with Gasteiger partial charge < -0.3 is 0 Å². The summed E-state index contributed by atoms with van der Waals surface area (Å²) in [6, 6.07) is 0. The van der Waals surface area contributed by atoms with Crippen LogP contribution in [0.15, 0.2) is 0 Å². The van der Waals surface area contributed by atoms with Gasteiger partial charge in [0.1, 0.15) is 0 Å². The van der Waals surface area contributed by atoms with Gasteiger partial charge in [-0.2, -0.15) is 0 Å². The highest BCUT2D eigenvalue weighted by atomic mass is 32.2. The Kier molecular flexibility index (Phi) is 3.01. The number of hydrogen-bond donors (Lipinski definition) is 0. The predicted molar refractivity (Wildman–Crippen MR) is 43.0 cm³/mol. The SMILES string of the molecule is CSN1CCS(=O)CC1. The molecule has 9 heavy (non-hydrogen) atoms. The lowest BCUT2D eigenvalue weighted by atomic mass is 10.6. The Hall–Kier alpha value is 0.460. The van der Waals surface area contributed by atoms with E-state index in [-0.39, 0.29) is 0 Å². The molecule has 0 aromatic rings. The maximum Gasteiger partial charge on any atom is 0.0372 e. The van der Waals surface area contributed by atoms with Crippen LogP contribution in [-0.2, 0) is 10.8 Å². The van der Waals surface area contributed by atoms with Crippen LogP contribution < -0.4 is 0 Å². The molecule has 0 saturated carbocycles. The standard InChI is InChI=1S/C5H11NOS2/c1-8-6-2-4-9(7)5-3-6/h2-5H2,1H3. The summed E-state index contributed by atoms with van der Waals surface area (Å²) in [7, 11) is -0.518. The third kappa shape index (κ3) is 2.27. The molecule has 1 heterocycles. The smallest absolute Gasteiger partial charge is 0.0372 e. The fraction of sp³-hybridized carbons (Fsp3) is 1.00. The van der Waals surface area contributed by atoms with Gasteiger partial charge in [-0.05, 0) is 6.26 Å². The van der Waals surface area contributed by atoms with E-state index in [1.54, 1.807) is 11.9 Å². The molecule has 0 aliphatic carbocycles.